The summed E-state index contributed by atoms with van der Waals surface area (Å²) >= 11 is 4.90. The van der Waals surface area contributed by atoms with Crippen molar-refractivity contribution in [2.45, 2.75) is 78.2 Å². The Kier molecular flexibility index (Phi) is 4.91. The molecule has 4 aliphatic carbocycles. The summed E-state index contributed by atoms with van der Waals surface area (Å²) in [5.41, 5.74) is 11.4. The number of nitrogens with two attached hydrogens (primary N) is 1. The number of hydrogen-bond acceptors (Lipinski definition) is 3. The molecule has 3 fully saturated rings. The summed E-state index contributed by atoms with van der Waals surface area (Å²) < 4.78 is 0. The Morgan fingerprint density at radius 2 is 2.00 bits per heavy atom. The van der Waals surface area contributed by atoms with Crippen molar-refractivity contribution in [2.24, 2.45) is 45.3 Å². The fraction of sp³-hybridized carbons (Fsp3) is 0.818. The van der Waals surface area contributed by atoms with Gasteiger partial charge in [-0.25, -0.2) is 0 Å². The SMILES string of the molecule is C/C(=N/NC(N)=S)C1=CC[C@@H]2[C@@H]3CC[C@H]4C[C@H](O)CC[C@]4(C)[C@H]3CC[C@]12C. The molecule has 150 valence electrons. The minimum Gasteiger partial charge on any atom is -0.393 e. The lowest BCUT2D eigenvalue weighted by Gasteiger charge is -2.60. The summed E-state index contributed by atoms with van der Waals surface area (Å²) in [5.74, 6) is 3.08. The smallest absolute Gasteiger partial charge is 0.184 e. The maximum atomic E-state index is 10.2. The van der Waals surface area contributed by atoms with Gasteiger partial charge in [-0.3, -0.25) is 5.43 Å². The van der Waals surface area contributed by atoms with Gasteiger partial charge in [-0.15, -0.1) is 0 Å². The van der Waals surface area contributed by atoms with Gasteiger partial charge in [0.25, 0.3) is 0 Å². The highest BCUT2D eigenvalue weighted by Gasteiger charge is 2.58. The van der Waals surface area contributed by atoms with Gasteiger partial charge in [0.1, 0.15) is 0 Å². The Labute approximate surface area is 169 Å². The molecule has 0 aromatic heterocycles. The molecule has 7 atom stereocenters. The molecule has 0 radical (unpaired) electrons. The van der Waals surface area contributed by atoms with Gasteiger partial charge >= 0.3 is 0 Å². The average Bonchev–Trinajstić information content (AvgIpc) is 2.97. The van der Waals surface area contributed by atoms with Gasteiger partial charge in [-0.05, 0) is 111 Å². The molecule has 0 saturated heterocycles. The van der Waals surface area contributed by atoms with Crippen molar-refractivity contribution >= 4 is 23.0 Å². The molecule has 5 heteroatoms. The van der Waals surface area contributed by atoms with Gasteiger partial charge in [0.05, 0.1) is 11.8 Å². The van der Waals surface area contributed by atoms with Gasteiger partial charge in [0.15, 0.2) is 5.11 Å². The number of nitrogens with zero attached hydrogens (tertiary/aromatic N) is 1. The van der Waals surface area contributed by atoms with Crippen molar-refractivity contribution in [3.8, 4) is 0 Å². The molecule has 3 saturated carbocycles. The number of aliphatic hydroxyl groups is 1. The average molecular weight is 390 g/mol. The van der Waals surface area contributed by atoms with Gasteiger partial charge in [0.2, 0.25) is 0 Å². The van der Waals surface area contributed by atoms with Crippen LogP contribution in [0.3, 0.4) is 0 Å². The van der Waals surface area contributed by atoms with Gasteiger partial charge in [0, 0.05) is 0 Å². The van der Waals surface area contributed by atoms with Crippen molar-refractivity contribution in [2.75, 3.05) is 0 Å². The Balaban J connectivity index is 1.56. The second-order valence-corrected chi connectivity index (χ2v) is 10.5. The van der Waals surface area contributed by atoms with E-state index in [0.29, 0.717) is 5.41 Å². The Morgan fingerprint density at radius 1 is 1.22 bits per heavy atom. The van der Waals surface area contributed by atoms with Crippen LogP contribution in [0.15, 0.2) is 16.8 Å². The molecule has 0 aliphatic heterocycles. The number of fused-ring (bicyclic) bond motifs is 5. The lowest BCUT2D eigenvalue weighted by molar-refractivity contribution is -0.117. The van der Waals surface area contributed by atoms with E-state index in [-0.39, 0.29) is 16.6 Å². The maximum Gasteiger partial charge on any atom is 0.184 e. The Morgan fingerprint density at radius 3 is 2.74 bits per heavy atom. The van der Waals surface area contributed by atoms with Crippen LogP contribution in [0.25, 0.3) is 0 Å². The second-order valence-electron chi connectivity index (χ2n) is 10.1. The van der Waals surface area contributed by atoms with Crippen molar-refractivity contribution in [1.29, 1.82) is 0 Å². The lowest BCUT2D eigenvalue weighted by Crippen LogP contribution is -2.53. The van der Waals surface area contributed by atoms with Crippen LogP contribution in [0.1, 0.15) is 72.1 Å². The van der Waals surface area contributed by atoms with E-state index in [4.69, 9.17) is 18.0 Å². The minimum absolute atomic E-state index is 0.0618. The zero-order chi connectivity index (χ0) is 19.4. The molecule has 4 aliphatic rings. The number of rotatable bonds is 2. The van der Waals surface area contributed by atoms with E-state index in [1.807, 2.05) is 0 Å². The van der Waals surface area contributed by atoms with E-state index in [0.717, 1.165) is 42.2 Å². The summed E-state index contributed by atoms with van der Waals surface area (Å²) in [6, 6.07) is 0. The zero-order valence-corrected chi connectivity index (χ0v) is 17.8. The molecule has 4 N–H and O–H groups in total. The predicted octanol–water partition coefficient (Wildman–Crippen LogP) is 4.14. The molecule has 0 unspecified atom stereocenters. The molecular weight excluding hydrogens is 354 g/mol. The molecule has 0 amide bonds. The van der Waals surface area contributed by atoms with Gasteiger partial charge < -0.3 is 10.8 Å². The van der Waals surface area contributed by atoms with E-state index in [1.54, 1.807) is 0 Å². The van der Waals surface area contributed by atoms with Crippen LogP contribution in [0.2, 0.25) is 0 Å². The van der Waals surface area contributed by atoms with Crippen LogP contribution >= 0.6 is 12.2 Å². The molecular formula is C22H35N3OS. The predicted molar refractivity (Wildman–Crippen MR) is 114 cm³/mol. The van der Waals surface area contributed by atoms with Crippen LogP contribution in [-0.2, 0) is 0 Å². The number of hydrogen-bond donors (Lipinski definition) is 3. The first-order valence-corrected chi connectivity index (χ1v) is 11.2. The van der Waals surface area contributed by atoms with E-state index >= 15 is 0 Å². The largest absolute Gasteiger partial charge is 0.393 e. The first kappa shape index (κ1) is 19.4. The summed E-state index contributed by atoms with van der Waals surface area (Å²) in [6.45, 7) is 7.09. The van der Waals surface area contributed by atoms with Crippen LogP contribution in [0.5, 0.6) is 0 Å². The Hall–Kier alpha value is -0.940. The van der Waals surface area contributed by atoms with Crippen molar-refractivity contribution in [3.63, 3.8) is 0 Å². The fourth-order valence-corrected chi connectivity index (χ4v) is 7.61. The molecule has 4 nitrogen and oxygen atoms in total. The standard InChI is InChI=1S/C22H35N3OS/c1-13(24-25-20(23)27)17-6-7-18-16-5-4-14-12-15(26)8-10-21(14,2)19(16)9-11-22(17,18)3/h6,14-16,18-19,26H,4-5,7-12H2,1-3H3,(H3,23,25,27)/b24-13-/t14-,15+,16-,18+,19-,21-,22+/m0/s1. The summed E-state index contributed by atoms with van der Waals surface area (Å²) in [5, 5.41) is 14.9. The lowest BCUT2D eigenvalue weighted by atomic mass is 9.44. The van der Waals surface area contributed by atoms with Crippen molar-refractivity contribution in [1.82, 2.24) is 5.43 Å². The molecule has 0 aromatic carbocycles. The minimum atomic E-state index is -0.0618. The molecule has 0 aromatic rings. The summed E-state index contributed by atoms with van der Waals surface area (Å²) in [4.78, 5) is 0. The number of allylic oxidation sites excluding steroid dienone is 2. The van der Waals surface area contributed by atoms with Crippen LogP contribution in [0.4, 0.5) is 0 Å². The third-order valence-electron chi connectivity index (χ3n) is 8.94. The maximum absolute atomic E-state index is 10.2. The molecule has 0 heterocycles. The first-order chi connectivity index (χ1) is 12.8. The molecule has 4 rings (SSSR count). The summed E-state index contributed by atoms with van der Waals surface area (Å²) in [7, 11) is 0. The highest BCUT2D eigenvalue weighted by atomic mass is 32.1. The number of hydrazone groups is 1. The molecule has 0 bridgehead atoms. The fourth-order valence-electron chi connectivity index (χ4n) is 7.56. The van der Waals surface area contributed by atoms with Crippen molar-refractivity contribution < 1.29 is 5.11 Å². The van der Waals surface area contributed by atoms with Crippen LogP contribution < -0.4 is 11.2 Å². The van der Waals surface area contributed by atoms with Crippen molar-refractivity contribution in [3.05, 3.63) is 11.6 Å². The van der Waals surface area contributed by atoms with E-state index < -0.39 is 0 Å². The molecule has 0 spiro atoms. The quantitative estimate of drug-likeness (QED) is 0.377. The topological polar surface area (TPSA) is 70.6 Å². The molecule has 27 heavy (non-hydrogen) atoms. The first-order valence-electron chi connectivity index (χ1n) is 10.7. The zero-order valence-electron chi connectivity index (χ0n) is 17.0. The normalized spacial score (nSPS) is 46.7. The van der Waals surface area contributed by atoms with E-state index in [2.05, 4.69) is 37.4 Å². The monoisotopic (exact) mass is 389 g/mol. The van der Waals surface area contributed by atoms with Gasteiger partial charge in [-0.2, -0.15) is 5.10 Å². The second kappa shape index (κ2) is 6.84. The number of nitrogens with one attached hydrogen (secondary N) is 1. The number of aliphatic hydroxyl groups excluding tert-OH is 1. The van der Waals surface area contributed by atoms with Crippen LogP contribution in [0, 0.1) is 34.5 Å². The Bertz CT molecular complexity index is 689. The number of thiocarbonyl (C=S) groups is 1. The highest BCUT2D eigenvalue weighted by Crippen LogP contribution is 2.66. The van der Waals surface area contributed by atoms with Gasteiger partial charge in [-0.1, -0.05) is 19.9 Å². The highest BCUT2D eigenvalue weighted by molar-refractivity contribution is 7.80. The van der Waals surface area contributed by atoms with E-state index in [1.165, 1.54) is 44.1 Å². The summed E-state index contributed by atoms with van der Waals surface area (Å²) in [6.07, 6.45) is 12.0. The third-order valence-corrected chi connectivity index (χ3v) is 9.03. The van der Waals surface area contributed by atoms with E-state index in [9.17, 15) is 5.11 Å². The third kappa shape index (κ3) is 3.05. The van der Waals surface area contributed by atoms with Crippen LogP contribution in [-0.4, -0.2) is 22.0 Å².